The highest BCUT2D eigenvalue weighted by Crippen LogP contribution is 2.19. The van der Waals surface area contributed by atoms with Crippen molar-refractivity contribution in [3.8, 4) is 0 Å². The summed E-state index contributed by atoms with van der Waals surface area (Å²) in [5.41, 5.74) is 4.98. The number of hydrazine groups is 1. The van der Waals surface area contributed by atoms with E-state index in [0.717, 1.165) is 18.5 Å². The summed E-state index contributed by atoms with van der Waals surface area (Å²) < 4.78 is 0. The maximum atomic E-state index is 5.27. The number of hydrogen-bond acceptors (Lipinski definition) is 4. The maximum absolute atomic E-state index is 5.27. The lowest BCUT2D eigenvalue weighted by atomic mass is 10.1. The number of aryl methyl sites for hydroxylation is 2. The van der Waals surface area contributed by atoms with E-state index in [1.54, 1.807) is 0 Å². The monoisotopic (exact) mass is 178 g/mol. The van der Waals surface area contributed by atoms with Crippen LogP contribution in [-0.4, -0.2) is 10.2 Å². The molecule has 0 saturated carbocycles. The van der Waals surface area contributed by atoms with Crippen LogP contribution in [0.25, 0.3) is 0 Å². The van der Waals surface area contributed by atoms with E-state index < -0.39 is 0 Å². The van der Waals surface area contributed by atoms with Crippen LogP contribution >= 0.6 is 0 Å². The minimum absolute atomic E-state index is 0.667. The number of fused-ring (bicyclic) bond motifs is 1. The molecule has 70 valence electrons. The normalized spacial score (nSPS) is 16.1. The van der Waals surface area contributed by atoms with Crippen molar-refractivity contribution in [2.24, 2.45) is 5.84 Å². The van der Waals surface area contributed by atoms with Gasteiger partial charge in [-0.2, -0.15) is 5.10 Å². The van der Waals surface area contributed by atoms with E-state index in [-0.39, 0.29) is 0 Å². The second kappa shape index (κ2) is 3.70. The third-order valence-electron chi connectivity index (χ3n) is 2.47. The molecular formula is C9H14N4. The number of nitrogen functional groups attached to an aromatic ring is 1. The first-order valence-electron chi connectivity index (χ1n) is 4.72. The molecule has 0 saturated heterocycles. The predicted octanol–water partition coefficient (Wildman–Crippen LogP) is 1.03. The third kappa shape index (κ3) is 1.78. The summed E-state index contributed by atoms with van der Waals surface area (Å²) in [4.78, 5) is 0. The van der Waals surface area contributed by atoms with Crippen LogP contribution in [0.1, 0.15) is 30.5 Å². The Morgan fingerprint density at radius 1 is 1.15 bits per heavy atom. The molecule has 0 spiro atoms. The summed E-state index contributed by atoms with van der Waals surface area (Å²) in [5, 5.41) is 8.12. The van der Waals surface area contributed by atoms with Gasteiger partial charge in [0, 0.05) is 0 Å². The molecule has 0 atom stereocenters. The van der Waals surface area contributed by atoms with Gasteiger partial charge in [-0.3, -0.25) is 0 Å². The van der Waals surface area contributed by atoms with Crippen molar-refractivity contribution in [2.75, 3.05) is 5.43 Å². The summed E-state index contributed by atoms with van der Waals surface area (Å²) in [5.74, 6) is 5.94. The Morgan fingerprint density at radius 3 is 2.85 bits per heavy atom. The first kappa shape index (κ1) is 8.44. The number of nitrogens with one attached hydrogen (secondary N) is 1. The summed E-state index contributed by atoms with van der Waals surface area (Å²) in [6.45, 7) is 0. The maximum Gasteiger partial charge on any atom is 0.162 e. The van der Waals surface area contributed by atoms with Crippen LogP contribution in [0.2, 0.25) is 0 Å². The van der Waals surface area contributed by atoms with Gasteiger partial charge >= 0.3 is 0 Å². The first-order valence-corrected chi connectivity index (χ1v) is 4.72. The van der Waals surface area contributed by atoms with E-state index >= 15 is 0 Å². The van der Waals surface area contributed by atoms with E-state index in [0.29, 0.717) is 5.82 Å². The second-order valence-electron chi connectivity index (χ2n) is 3.41. The van der Waals surface area contributed by atoms with Gasteiger partial charge in [-0.25, -0.2) is 5.84 Å². The first-order chi connectivity index (χ1) is 6.40. The van der Waals surface area contributed by atoms with E-state index in [2.05, 4.69) is 15.6 Å². The largest absolute Gasteiger partial charge is 0.307 e. The standard InChI is InChI=1S/C9H14N4/c10-11-9-6-7-4-2-1-3-5-8(7)12-13-9/h6H,1-5,10H2,(H,11,13). The minimum Gasteiger partial charge on any atom is -0.307 e. The van der Waals surface area contributed by atoms with Gasteiger partial charge in [-0.15, -0.1) is 5.10 Å². The van der Waals surface area contributed by atoms with Crippen molar-refractivity contribution in [1.82, 2.24) is 10.2 Å². The van der Waals surface area contributed by atoms with E-state index in [1.165, 1.54) is 24.8 Å². The second-order valence-corrected chi connectivity index (χ2v) is 3.41. The van der Waals surface area contributed by atoms with Gasteiger partial charge in [0.15, 0.2) is 5.82 Å². The van der Waals surface area contributed by atoms with Gasteiger partial charge in [0.05, 0.1) is 5.69 Å². The molecule has 4 nitrogen and oxygen atoms in total. The number of aromatic nitrogens is 2. The highest BCUT2D eigenvalue weighted by atomic mass is 15.3. The topological polar surface area (TPSA) is 63.8 Å². The van der Waals surface area contributed by atoms with Crippen LogP contribution in [0.4, 0.5) is 5.82 Å². The molecule has 13 heavy (non-hydrogen) atoms. The Kier molecular flexibility index (Phi) is 2.40. The minimum atomic E-state index is 0.667. The highest BCUT2D eigenvalue weighted by Gasteiger charge is 2.10. The zero-order chi connectivity index (χ0) is 9.10. The van der Waals surface area contributed by atoms with Crippen molar-refractivity contribution in [3.05, 3.63) is 17.3 Å². The third-order valence-corrected chi connectivity index (χ3v) is 2.47. The van der Waals surface area contributed by atoms with Crippen LogP contribution in [0.3, 0.4) is 0 Å². The van der Waals surface area contributed by atoms with Crippen LogP contribution in [0.5, 0.6) is 0 Å². The Hall–Kier alpha value is -1.16. The predicted molar refractivity (Wildman–Crippen MR) is 51.1 cm³/mol. The van der Waals surface area contributed by atoms with Crippen molar-refractivity contribution in [1.29, 1.82) is 0 Å². The smallest absolute Gasteiger partial charge is 0.162 e. The average Bonchev–Trinajstić information content (AvgIpc) is 2.41. The lowest BCUT2D eigenvalue weighted by Crippen LogP contribution is -2.11. The van der Waals surface area contributed by atoms with Gasteiger partial charge in [0.25, 0.3) is 0 Å². The van der Waals surface area contributed by atoms with Gasteiger partial charge in [-0.1, -0.05) is 6.42 Å². The van der Waals surface area contributed by atoms with Crippen LogP contribution < -0.4 is 11.3 Å². The molecule has 2 rings (SSSR count). The molecule has 1 aromatic heterocycles. The SMILES string of the molecule is NNc1cc2c(nn1)CCCCC2. The Balaban J connectivity index is 2.32. The van der Waals surface area contributed by atoms with Crippen molar-refractivity contribution >= 4 is 5.82 Å². The number of nitrogens with two attached hydrogens (primary N) is 1. The van der Waals surface area contributed by atoms with E-state index in [1.807, 2.05) is 6.07 Å². The summed E-state index contributed by atoms with van der Waals surface area (Å²) in [6.07, 6.45) is 5.95. The molecule has 0 unspecified atom stereocenters. The van der Waals surface area contributed by atoms with E-state index in [4.69, 9.17) is 5.84 Å². The van der Waals surface area contributed by atoms with E-state index in [9.17, 15) is 0 Å². The van der Waals surface area contributed by atoms with Crippen molar-refractivity contribution in [3.63, 3.8) is 0 Å². The van der Waals surface area contributed by atoms with Gasteiger partial charge in [0.1, 0.15) is 0 Å². The molecule has 1 heterocycles. The molecule has 1 aliphatic rings. The molecule has 4 heteroatoms. The Labute approximate surface area is 77.5 Å². The molecule has 1 aromatic rings. The lowest BCUT2D eigenvalue weighted by Gasteiger charge is -2.04. The quantitative estimate of drug-likeness (QED) is 0.383. The average molecular weight is 178 g/mol. The zero-order valence-electron chi connectivity index (χ0n) is 7.58. The summed E-state index contributed by atoms with van der Waals surface area (Å²) >= 11 is 0. The van der Waals surface area contributed by atoms with Crippen LogP contribution in [0.15, 0.2) is 6.07 Å². The summed E-state index contributed by atoms with van der Waals surface area (Å²) in [7, 11) is 0. The van der Waals surface area contributed by atoms with Gasteiger partial charge in [-0.05, 0) is 37.3 Å². The molecule has 1 aliphatic carbocycles. The van der Waals surface area contributed by atoms with Crippen molar-refractivity contribution in [2.45, 2.75) is 32.1 Å². The molecule has 0 radical (unpaired) electrons. The fourth-order valence-corrected chi connectivity index (χ4v) is 1.74. The fourth-order valence-electron chi connectivity index (χ4n) is 1.74. The molecule has 0 fully saturated rings. The van der Waals surface area contributed by atoms with Gasteiger partial charge < -0.3 is 5.43 Å². The molecule has 0 amide bonds. The molecular weight excluding hydrogens is 164 g/mol. The van der Waals surface area contributed by atoms with Crippen molar-refractivity contribution < 1.29 is 0 Å². The van der Waals surface area contributed by atoms with Crippen LogP contribution in [0, 0.1) is 0 Å². The molecule has 0 aliphatic heterocycles. The fraction of sp³-hybridized carbons (Fsp3) is 0.556. The zero-order valence-corrected chi connectivity index (χ0v) is 7.58. The highest BCUT2D eigenvalue weighted by molar-refractivity contribution is 5.37. The van der Waals surface area contributed by atoms with Gasteiger partial charge in [0.2, 0.25) is 0 Å². The molecule has 0 aromatic carbocycles. The Morgan fingerprint density at radius 2 is 2.00 bits per heavy atom. The molecule has 3 N–H and O–H groups in total. The Bertz CT molecular complexity index is 298. The number of nitrogens with zero attached hydrogens (tertiary/aromatic N) is 2. The summed E-state index contributed by atoms with van der Waals surface area (Å²) in [6, 6.07) is 2.01. The van der Waals surface area contributed by atoms with Crippen LogP contribution in [-0.2, 0) is 12.8 Å². The lowest BCUT2D eigenvalue weighted by molar-refractivity contribution is 0.706. The number of hydrogen-bond donors (Lipinski definition) is 2. The molecule has 0 bridgehead atoms. The number of anilines is 1. The number of rotatable bonds is 1.